The highest BCUT2D eigenvalue weighted by Crippen LogP contribution is 2.18. The lowest BCUT2D eigenvalue weighted by Crippen LogP contribution is -2.34. The van der Waals surface area contributed by atoms with Crippen LogP contribution in [0.15, 0.2) is 29.2 Å². The van der Waals surface area contributed by atoms with Gasteiger partial charge in [-0.05, 0) is 29.7 Å². The number of sulfonamides is 1. The van der Waals surface area contributed by atoms with E-state index >= 15 is 0 Å². The molecule has 0 radical (unpaired) electrons. The minimum absolute atomic E-state index is 0.0734. The van der Waals surface area contributed by atoms with Gasteiger partial charge in [0.2, 0.25) is 10.0 Å². The van der Waals surface area contributed by atoms with Gasteiger partial charge in [-0.15, -0.1) is 0 Å². The summed E-state index contributed by atoms with van der Waals surface area (Å²) in [5, 5.41) is 0.686. The lowest BCUT2D eigenvalue weighted by atomic mass is 9.98. The summed E-state index contributed by atoms with van der Waals surface area (Å²) in [6.45, 7) is 4.20. The second kappa shape index (κ2) is 5.46. The van der Waals surface area contributed by atoms with Crippen molar-refractivity contribution in [3.05, 3.63) is 30.1 Å². The average Bonchev–Trinajstić information content (AvgIpc) is 2.27. The molecule has 6 heteroatoms. The van der Waals surface area contributed by atoms with Crippen LogP contribution >= 0.6 is 15.9 Å². The van der Waals surface area contributed by atoms with Gasteiger partial charge in [0.25, 0.3) is 0 Å². The molecule has 17 heavy (non-hydrogen) atoms. The molecule has 0 bridgehead atoms. The van der Waals surface area contributed by atoms with Gasteiger partial charge in [-0.3, -0.25) is 0 Å². The number of nitrogens with one attached hydrogen (secondary N) is 1. The van der Waals surface area contributed by atoms with E-state index in [-0.39, 0.29) is 10.3 Å². The molecule has 0 aromatic heterocycles. The first-order valence-electron chi connectivity index (χ1n) is 5.08. The van der Waals surface area contributed by atoms with E-state index < -0.39 is 15.8 Å². The molecule has 0 aliphatic rings. The first kappa shape index (κ1) is 14.6. The zero-order valence-corrected chi connectivity index (χ0v) is 12.1. The fourth-order valence-corrected chi connectivity index (χ4v) is 2.47. The van der Waals surface area contributed by atoms with E-state index in [2.05, 4.69) is 20.7 Å². The number of alkyl halides is 1. The smallest absolute Gasteiger partial charge is 0.211 e. The number of benzene rings is 1. The third-order valence-electron chi connectivity index (χ3n) is 2.23. The zero-order chi connectivity index (χ0) is 13.1. The van der Waals surface area contributed by atoms with Crippen molar-refractivity contribution in [3.8, 4) is 0 Å². The molecule has 3 nitrogen and oxygen atoms in total. The van der Waals surface area contributed by atoms with Gasteiger partial charge in [-0.25, -0.2) is 17.5 Å². The maximum Gasteiger partial charge on any atom is 0.240 e. The number of hydrogen-bond acceptors (Lipinski definition) is 2. The topological polar surface area (TPSA) is 46.2 Å². The number of hydrogen-bond donors (Lipinski definition) is 1. The molecule has 0 atom stereocenters. The Labute approximate surface area is 110 Å². The standard InChI is InChI=1S/C11H15BrFNO2S/c1-11(2,7-12)8-14-17(15,16)10-5-3-9(13)4-6-10/h3-6,14H,7-8H2,1-2H3. The molecule has 0 unspecified atom stereocenters. The fourth-order valence-electron chi connectivity index (χ4n) is 1.03. The first-order valence-corrected chi connectivity index (χ1v) is 7.68. The Morgan fingerprint density at radius 1 is 1.29 bits per heavy atom. The maximum atomic E-state index is 12.7. The number of halogens is 2. The minimum Gasteiger partial charge on any atom is -0.211 e. The Kier molecular flexibility index (Phi) is 4.69. The lowest BCUT2D eigenvalue weighted by Gasteiger charge is -2.21. The SMILES string of the molecule is CC(C)(CBr)CNS(=O)(=O)c1ccc(F)cc1. The Morgan fingerprint density at radius 2 is 1.82 bits per heavy atom. The molecule has 0 amide bonds. The molecule has 0 aliphatic carbocycles. The largest absolute Gasteiger partial charge is 0.240 e. The van der Waals surface area contributed by atoms with Gasteiger partial charge in [0, 0.05) is 11.9 Å². The second-order valence-electron chi connectivity index (χ2n) is 4.58. The van der Waals surface area contributed by atoms with E-state index in [0.717, 1.165) is 12.1 Å². The molecule has 1 aromatic carbocycles. The Balaban J connectivity index is 2.79. The van der Waals surface area contributed by atoms with Crippen molar-refractivity contribution in [1.82, 2.24) is 4.72 Å². The highest BCUT2D eigenvalue weighted by molar-refractivity contribution is 9.09. The van der Waals surface area contributed by atoms with Crippen LogP contribution in [0.4, 0.5) is 4.39 Å². The summed E-state index contributed by atoms with van der Waals surface area (Å²) < 4.78 is 38.9. The number of rotatable bonds is 5. The molecule has 96 valence electrons. The lowest BCUT2D eigenvalue weighted by molar-refractivity contribution is 0.420. The normalized spacial score (nSPS) is 12.7. The van der Waals surface area contributed by atoms with E-state index in [1.54, 1.807) is 0 Å². The van der Waals surface area contributed by atoms with Crippen LogP contribution < -0.4 is 4.72 Å². The van der Waals surface area contributed by atoms with Crippen molar-refractivity contribution in [2.24, 2.45) is 5.41 Å². The van der Waals surface area contributed by atoms with Crippen molar-refractivity contribution in [1.29, 1.82) is 0 Å². The molecule has 0 saturated carbocycles. The average molecular weight is 324 g/mol. The van der Waals surface area contributed by atoms with Crippen LogP contribution in [0.5, 0.6) is 0 Å². The van der Waals surface area contributed by atoms with Gasteiger partial charge in [-0.2, -0.15) is 0 Å². The van der Waals surface area contributed by atoms with Crippen molar-refractivity contribution in [2.45, 2.75) is 18.7 Å². The fraction of sp³-hybridized carbons (Fsp3) is 0.455. The van der Waals surface area contributed by atoms with Gasteiger partial charge in [0.15, 0.2) is 0 Å². The van der Waals surface area contributed by atoms with Gasteiger partial charge >= 0.3 is 0 Å². The van der Waals surface area contributed by atoms with Crippen LogP contribution in [0.3, 0.4) is 0 Å². The first-order chi connectivity index (χ1) is 7.77. The van der Waals surface area contributed by atoms with Crippen molar-refractivity contribution in [3.63, 3.8) is 0 Å². The summed E-state index contributed by atoms with van der Waals surface area (Å²) in [6, 6.07) is 4.76. The van der Waals surface area contributed by atoms with Crippen molar-refractivity contribution >= 4 is 26.0 Å². The Hall–Kier alpha value is -0.460. The highest BCUT2D eigenvalue weighted by Gasteiger charge is 2.21. The van der Waals surface area contributed by atoms with Gasteiger partial charge in [0.05, 0.1) is 4.90 Å². The van der Waals surface area contributed by atoms with E-state index in [4.69, 9.17) is 0 Å². The summed E-state index contributed by atoms with van der Waals surface area (Å²) in [4.78, 5) is 0.0734. The van der Waals surface area contributed by atoms with E-state index in [9.17, 15) is 12.8 Å². The maximum absolute atomic E-state index is 12.7. The van der Waals surface area contributed by atoms with Gasteiger partial charge < -0.3 is 0 Å². The van der Waals surface area contributed by atoms with Crippen LogP contribution in [0.2, 0.25) is 0 Å². The van der Waals surface area contributed by atoms with Crippen LogP contribution in [-0.4, -0.2) is 20.3 Å². The van der Waals surface area contributed by atoms with Crippen LogP contribution in [0, 0.1) is 11.2 Å². The quantitative estimate of drug-likeness (QED) is 0.846. The summed E-state index contributed by atoms with van der Waals surface area (Å²) in [6.07, 6.45) is 0. The second-order valence-corrected chi connectivity index (χ2v) is 6.90. The predicted octanol–water partition coefficient (Wildman–Crippen LogP) is 2.53. The van der Waals surface area contributed by atoms with E-state index in [1.807, 2.05) is 13.8 Å². The van der Waals surface area contributed by atoms with E-state index in [0.29, 0.717) is 11.9 Å². The molecule has 0 fully saturated rings. The van der Waals surface area contributed by atoms with Crippen molar-refractivity contribution in [2.75, 3.05) is 11.9 Å². The summed E-state index contributed by atoms with van der Waals surface area (Å²) in [7, 11) is -3.56. The molecular formula is C11H15BrFNO2S. The van der Waals surface area contributed by atoms with Gasteiger partial charge in [-0.1, -0.05) is 29.8 Å². The van der Waals surface area contributed by atoms with Crippen molar-refractivity contribution < 1.29 is 12.8 Å². The third kappa shape index (κ3) is 4.37. The molecule has 0 saturated heterocycles. The minimum atomic E-state index is -3.56. The molecule has 1 aromatic rings. The summed E-state index contributed by atoms with van der Waals surface area (Å²) in [5.74, 6) is -0.454. The molecule has 1 N–H and O–H groups in total. The molecule has 1 rings (SSSR count). The summed E-state index contributed by atoms with van der Waals surface area (Å²) in [5.41, 5.74) is -0.174. The molecule has 0 aliphatic heterocycles. The summed E-state index contributed by atoms with van der Waals surface area (Å²) >= 11 is 3.32. The monoisotopic (exact) mass is 323 g/mol. The Morgan fingerprint density at radius 3 is 2.29 bits per heavy atom. The van der Waals surface area contributed by atoms with E-state index in [1.165, 1.54) is 12.1 Å². The van der Waals surface area contributed by atoms with Crippen LogP contribution in [0.25, 0.3) is 0 Å². The third-order valence-corrected chi connectivity index (χ3v) is 5.16. The predicted molar refractivity (Wildman–Crippen MR) is 69.2 cm³/mol. The zero-order valence-electron chi connectivity index (χ0n) is 9.70. The molecular weight excluding hydrogens is 309 g/mol. The molecule has 0 spiro atoms. The van der Waals surface area contributed by atoms with Gasteiger partial charge in [0.1, 0.15) is 5.82 Å². The van der Waals surface area contributed by atoms with Crippen LogP contribution in [-0.2, 0) is 10.0 Å². The van der Waals surface area contributed by atoms with Crippen LogP contribution in [0.1, 0.15) is 13.8 Å². The highest BCUT2D eigenvalue weighted by atomic mass is 79.9. The molecule has 0 heterocycles. The Bertz CT molecular complexity index is 471.